The quantitative estimate of drug-likeness (QED) is 0.798. The van der Waals surface area contributed by atoms with Crippen molar-refractivity contribution in [2.24, 2.45) is 5.73 Å². The largest absolute Gasteiger partial charge is 0.496 e. The molecule has 0 saturated heterocycles. The van der Waals surface area contributed by atoms with Crippen molar-refractivity contribution in [2.75, 3.05) is 41.6 Å². The summed E-state index contributed by atoms with van der Waals surface area (Å²) in [5.41, 5.74) is 6.69. The predicted octanol–water partition coefficient (Wildman–Crippen LogP) is 1.40. The van der Waals surface area contributed by atoms with Gasteiger partial charge in [-0.3, -0.25) is 0 Å². The highest BCUT2D eigenvalue weighted by molar-refractivity contribution is 5.52. The summed E-state index contributed by atoms with van der Waals surface area (Å²) in [5, 5.41) is 0. The molecule has 0 aliphatic carbocycles. The fourth-order valence-corrected chi connectivity index (χ4v) is 1.91. The van der Waals surface area contributed by atoms with Gasteiger partial charge in [-0.05, 0) is 0 Å². The summed E-state index contributed by atoms with van der Waals surface area (Å²) in [6, 6.07) is 3.63. The average Bonchev–Trinajstić information content (AvgIpc) is 2.43. The molecule has 1 aromatic rings. The third-order valence-electron chi connectivity index (χ3n) is 2.81. The van der Waals surface area contributed by atoms with E-state index in [1.165, 1.54) is 0 Å². The summed E-state index contributed by atoms with van der Waals surface area (Å²) in [4.78, 5) is 0. The van der Waals surface area contributed by atoms with Crippen molar-refractivity contribution in [1.82, 2.24) is 0 Å². The molecular weight excluding hydrogens is 234 g/mol. The van der Waals surface area contributed by atoms with Crippen molar-refractivity contribution in [3.05, 3.63) is 17.7 Å². The van der Waals surface area contributed by atoms with E-state index < -0.39 is 0 Å². The maximum Gasteiger partial charge on any atom is 0.129 e. The van der Waals surface area contributed by atoms with Crippen molar-refractivity contribution in [3.63, 3.8) is 0 Å². The number of nitrogens with two attached hydrogens (primary N) is 1. The van der Waals surface area contributed by atoms with Gasteiger partial charge in [0.1, 0.15) is 17.2 Å². The SMILES string of the molecule is COCC(CN)c1c(OC)cc(OC)cc1OC. The smallest absolute Gasteiger partial charge is 0.129 e. The fourth-order valence-electron chi connectivity index (χ4n) is 1.91. The molecule has 0 radical (unpaired) electrons. The van der Waals surface area contributed by atoms with E-state index in [1.54, 1.807) is 28.4 Å². The summed E-state index contributed by atoms with van der Waals surface area (Å²) < 4.78 is 21.2. The van der Waals surface area contributed by atoms with Crippen LogP contribution in [0, 0.1) is 0 Å². The van der Waals surface area contributed by atoms with E-state index in [9.17, 15) is 0 Å². The predicted molar refractivity (Wildman–Crippen MR) is 69.8 cm³/mol. The average molecular weight is 255 g/mol. The van der Waals surface area contributed by atoms with Gasteiger partial charge in [0.2, 0.25) is 0 Å². The van der Waals surface area contributed by atoms with E-state index in [-0.39, 0.29) is 5.92 Å². The number of benzene rings is 1. The Morgan fingerprint density at radius 2 is 1.56 bits per heavy atom. The molecule has 0 amide bonds. The van der Waals surface area contributed by atoms with E-state index in [0.29, 0.717) is 30.4 Å². The van der Waals surface area contributed by atoms with Gasteiger partial charge in [0.25, 0.3) is 0 Å². The second-order valence-electron chi connectivity index (χ2n) is 3.83. The van der Waals surface area contributed by atoms with Crippen LogP contribution in [0.3, 0.4) is 0 Å². The number of methoxy groups -OCH3 is 4. The minimum Gasteiger partial charge on any atom is -0.496 e. The summed E-state index contributed by atoms with van der Waals surface area (Å²) in [6.07, 6.45) is 0. The topological polar surface area (TPSA) is 62.9 Å². The molecular formula is C13H21NO4. The van der Waals surface area contributed by atoms with E-state index in [0.717, 1.165) is 5.56 Å². The highest BCUT2D eigenvalue weighted by Crippen LogP contribution is 2.38. The molecule has 5 heteroatoms. The standard InChI is InChI=1S/C13H21NO4/c1-15-8-9(7-14)13-11(17-3)5-10(16-2)6-12(13)18-4/h5-6,9H,7-8,14H2,1-4H3. The van der Waals surface area contributed by atoms with Gasteiger partial charge in [-0.1, -0.05) is 0 Å². The van der Waals surface area contributed by atoms with E-state index >= 15 is 0 Å². The van der Waals surface area contributed by atoms with Gasteiger partial charge in [0.15, 0.2) is 0 Å². The second-order valence-corrected chi connectivity index (χ2v) is 3.83. The van der Waals surface area contributed by atoms with Gasteiger partial charge >= 0.3 is 0 Å². The molecule has 5 nitrogen and oxygen atoms in total. The van der Waals surface area contributed by atoms with Crippen LogP contribution >= 0.6 is 0 Å². The molecule has 2 N–H and O–H groups in total. The molecule has 0 aromatic heterocycles. The summed E-state index contributed by atoms with van der Waals surface area (Å²) in [7, 11) is 6.46. The van der Waals surface area contributed by atoms with Gasteiger partial charge in [-0.25, -0.2) is 0 Å². The van der Waals surface area contributed by atoms with Crippen LogP contribution in [-0.4, -0.2) is 41.6 Å². The van der Waals surface area contributed by atoms with Gasteiger partial charge in [-0.2, -0.15) is 0 Å². The second kappa shape index (κ2) is 7.08. The van der Waals surface area contributed by atoms with E-state index in [4.69, 9.17) is 24.7 Å². The zero-order valence-corrected chi connectivity index (χ0v) is 11.4. The molecule has 18 heavy (non-hydrogen) atoms. The number of hydrogen-bond donors (Lipinski definition) is 1. The lowest BCUT2D eigenvalue weighted by molar-refractivity contribution is 0.178. The van der Waals surface area contributed by atoms with Crippen LogP contribution < -0.4 is 19.9 Å². The Bertz CT molecular complexity index is 356. The Hall–Kier alpha value is -1.46. The molecule has 1 atom stereocenters. The maximum atomic E-state index is 5.79. The molecule has 1 rings (SSSR count). The molecule has 1 unspecified atom stereocenters. The zero-order chi connectivity index (χ0) is 13.5. The molecule has 1 aromatic carbocycles. The van der Waals surface area contributed by atoms with Crippen molar-refractivity contribution >= 4 is 0 Å². The van der Waals surface area contributed by atoms with E-state index in [2.05, 4.69) is 0 Å². The normalized spacial score (nSPS) is 12.1. The van der Waals surface area contributed by atoms with Crippen LogP contribution in [0.1, 0.15) is 11.5 Å². The van der Waals surface area contributed by atoms with Crippen molar-refractivity contribution < 1.29 is 18.9 Å². The van der Waals surface area contributed by atoms with Crippen LogP contribution in [-0.2, 0) is 4.74 Å². The molecule has 0 bridgehead atoms. The monoisotopic (exact) mass is 255 g/mol. The lowest BCUT2D eigenvalue weighted by Gasteiger charge is -2.21. The lowest BCUT2D eigenvalue weighted by Crippen LogP contribution is -2.19. The Morgan fingerprint density at radius 1 is 1.00 bits per heavy atom. The van der Waals surface area contributed by atoms with Crippen molar-refractivity contribution in [2.45, 2.75) is 5.92 Å². The molecule has 0 spiro atoms. The molecule has 0 heterocycles. The fraction of sp³-hybridized carbons (Fsp3) is 0.538. The summed E-state index contributed by atoms with van der Waals surface area (Å²) >= 11 is 0. The Balaban J connectivity index is 3.28. The first-order chi connectivity index (χ1) is 8.71. The molecule has 0 aliphatic rings. The Labute approximate surface area is 108 Å². The maximum absolute atomic E-state index is 5.79. The van der Waals surface area contributed by atoms with Gasteiger partial charge in [0.05, 0.1) is 27.9 Å². The minimum atomic E-state index is 0.0193. The van der Waals surface area contributed by atoms with Crippen LogP contribution in [0.4, 0.5) is 0 Å². The first kappa shape index (κ1) is 14.6. The van der Waals surface area contributed by atoms with Crippen molar-refractivity contribution in [1.29, 1.82) is 0 Å². The summed E-state index contributed by atoms with van der Waals surface area (Å²) in [5.74, 6) is 2.09. The molecule has 102 valence electrons. The van der Waals surface area contributed by atoms with Gasteiger partial charge in [0, 0.05) is 37.3 Å². The third-order valence-corrected chi connectivity index (χ3v) is 2.81. The highest BCUT2D eigenvalue weighted by atomic mass is 16.5. The van der Waals surface area contributed by atoms with Gasteiger partial charge in [-0.15, -0.1) is 0 Å². The number of ether oxygens (including phenoxy) is 4. The molecule has 0 saturated carbocycles. The number of rotatable bonds is 7. The highest BCUT2D eigenvalue weighted by Gasteiger charge is 2.21. The van der Waals surface area contributed by atoms with Crippen LogP contribution in [0.5, 0.6) is 17.2 Å². The van der Waals surface area contributed by atoms with Crippen LogP contribution in [0.25, 0.3) is 0 Å². The summed E-state index contributed by atoms with van der Waals surface area (Å²) in [6.45, 7) is 0.961. The van der Waals surface area contributed by atoms with Crippen molar-refractivity contribution in [3.8, 4) is 17.2 Å². The first-order valence-electron chi connectivity index (χ1n) is 5.70. The molecule has 0 fully saturated rings. The third kappa shape index (κ3) is 3.05. The Kier molecular flexibility index (Phi) is 5.74. The zero-order valence-electron chi connectivity index (χ0n) is 11.4. The first-order valence-corrected chi connectivity index (χ1v) is 5.70. The van der Waals surface area contributed by atoms with Crippen LogP contribution in [0.15, 0.2) is 12.1 Å². The number of hydrogen-bond acceptors (Lipinski definition) is 5. The van der Waals surface area contributed by atoms with Gasteiger partial charge < -0.3 is 24.7 Å². The molecule has 0 aliphatic heterocycles. The van der Waals surface area contributed by atoms with E-state index in [1.807, 2.05) is 12.1 Å². The Morgan fingerprint density at radius 3 is 1.89 bits per heavy atom. The lowest BCUT2D eigenvalue weighted by atomic mass is 9.97. The van der Waals surface area contributed by atoms with Crippen LogP contribution in [0.2, 0.25) is 0 Å². The minimum absolute atomic E-state index is 0.0193.